The Labute approximate surface area is 109 Å². The number of ether oxygens (including phenoxy) is 1. The van der Waals surface area contributed by atoms with Crippen LogP contribution >= 0.6 is 11.6 Å². The van der Waals surface area contributed by atoms with Crippen molar-refractivity contribution in [2.75, 3.05) is 26.2 Å². The van der Waals surface area contributed by atoms with E-state index < -0.39 is 0 Å². The van der Waals surface area contributed by atoms with Crippen LogP contribution in [0.25, 0.3) is 0 Å². The summed E-state index contributed by atoms with van der Waals surface area (Å²) < 4.78 is 5.81. The Balaban J connectivity index is 1.87. The summed E-state index contributed by atoms with van der Waals surface area (Å²) in [5, 5.41) is 0.784. The van der Waals surface area contributed by atoms with Gasteiger partial charge in [-0.1, -0.05) is 17.7 Å². The van der Waals surface area contributed by atoms with Crippen molar-refractivity contribution < 1.29 is 4.74 Å². The highest BCUT2D eigenvalue weighted by Gasteiger charge is 2.11. The predicted molar refractivity (Wildman–Crippen MR) is 72.1 cm³/mol. The summed E-state index contributed by atoms with van der Waals surface area (Å²) in [5.74, 6) is 0.916. The minimum absolute atomic E-state index is 0.750. The summed E-state index contributed by atoms with van der Waals surface area (Å²) in [6.45, 7) is 8.29. The molecule has 94 valence electrons. The second-order valence-electron chi connectivity index (χ2n) is 4.76. The van der Waals surface area contributed by atoms with Crippen molar-refractivity contribution in [3.63, 3.8) is 0 Å². The number of rotatable bonds is 4. The molecule has 1 aliphatic rings. The van der Waals surface area contributed by atoms with Gasteiger partial charge < -0.3 is 4.74 Å². The van der Waals surface area contributed by atoms with Gasteiger partial charge in [0.25, 0.3) is 0 Å². The van der Waals surface area contributed by atoms with Crippen LogP contribution in [0.4, 0.5) is 0 Å². The first-order valence-corrected chi connectivity index (χ1v) is 6.66. The fourth-order valence-electron chi connectivity index (χ4n) is 2.25. The van der Waals surface area contributed by atoms with Gasteiger partial charge >= 0.3 is 0 Å². The van der Waals surface area contributed by atoms with Gasteiger partial charge in [0, 0.05) is 11.6 Å². The number of aryl methyl sites for hydroxylation is 2. The van der Waals surface area contributed by atoms with Crippen LogP contribution in [-0.4, -0.2) is 31.1 Å². The van der Waals surface area contributed by atoms with Gasteiger partial charge in [0.15, 0.2) is 0 Å². The first-order chi connectivity index (χ1) is 8.16. The summed E-state index contributed by atoms with van der Waals surface area (Å²) >= 11 is 6.10. The molecular weight excluding hydrogens is 234 g/mol. The first-order valence-electron chi connectivity index (χ1n) is 6.29. The summed E-state index contributed by atoms with van der Waals surface area (Å²) in [5.41, 5.74) is 2.27. The van der Waals surface area contributed by atoms with Crippen LogP contribution < -0.4 is 4.74 Å². The standard InChI is InChI=1S/C14H20ClNO/c1-11-9-12(2)14(10-13(11)15)17-8-7-16-5-3-4-6-16/h9-10H,3-8H2,1-2H3. The Kier molecular flexibility index (Phi) is 4.30. The molecule has 0 aliphatic carbocycles. The van der Waals surface area contributed by atoms with E-state index in [1.807, 2.05) is 13.0 Å². The number of halogens is 1. The number of likely N-dealkylation sites (tertiary alicyclic amines) is 1. The molecule has 0 N–H and O–H groups in total. The quantitative estimate of drug-likeness (QED) is 0.815. The minimum Gasteiger partial charge on any atom is -0.492 e. The lowest BCUT2D eigenvalue weighted by Gasteiger charge is -2.16. The first kappa shape index (κ1) is 12.7. The molecule has 1 fully saturated rings. The average molecular weight is 254 g/mol. The molecule has 1 aromatic rings. The third-order valence-electron chi connectivity index (χ3n) is 3.32. The number of hydrogen-bond acceptors (Lipinski definition) is 2. The molecule has 3 heteroatoms. The molecule has 1 saturated heterocycles. The van der Waals surface area contributed by atoms with Crippen LogP contribution in [-0.2, 0) is 0 Å². The molecule has 0 bridgehead atoms. The van der Waals surface area contributed by atoms with Gasteiger partial charge in [-0.3, -0.25) is 4.90 Å². The van der Waals surface area contributed by atoms with Gasteiger partial charge in [-0.15, -0.1) is 0 Å². The van der Waals surface area contributed by atoms with Crippen LogP contribution in [0.2, 0.25) is 5.02 Å². The number of nitrogens with zero attached hydrogens (tertiary/aromatic N) is 1. The van der Waals surface area contributed by atoms with E-state index in [1.165, 1.54) is 25.9 Å². The molecule has 0 atom stereocenters. The largest absolute Gasteiger partial charge is 0.492 e. The Morgan fingerprint density at radius 3 is 2.59 bits per heavy atom. The molecule has 0 unspecified atom stereocenters. The lowest BCUT2D eigenvalue weighted by Crippen LogP contribution is -2.25. The van der Waals surface area contributed by atoms with Crippen molar-refractivity contribution >= 4 is 11.6 Å². The molecule has 17 heavy (non-hydrogen) atoms. The summed E-state index contributed by atoms with van der Waals surface area (Å²) in [7, 11) is 0. The predicted octanol–water partition coefficient (Wildman–Crippen LogP) is 3.43. The maximum Gasteiger partial charge on any atom is 0.123 e. The lowest BCUT2D eigenvalue weighted by atomic mass is 10.1. The molecular formula is C14H20ClNO. The average Bonchev–Trinajstić information content (AvgIpc) is 2.78. The van der Waals surface area contributed by atoms with Crippen molar-refractivity contribution in [1.29, 1.82) is 0 Å². The topological polar surface area (TPSA) is 12.5 Å². The van der Waals surface area contributed by atoms with Crippen molar-refractivity contribution in [1.82, 2.24) is 4.90 Å². The maximum absolute atomic E-state index is 6.10. The maximum atomic E-state index is 6.10. The molecule has 2 rings (SSSR count). The van der Waals surface area contributed by atoms with E-state index in [2.05, 4.69) is 17.9 Å². The molecule has 0 saturated carbocycles. The zero-order valence-corrected chi connectivity index (χ0v) is 11.4. The third kappa shape index (κ3) is 3.36. The summed E-state index contributed by atoms with van der Waals surface area (Å²) in [4.78, 5) is 2.45. The molecule has 2 nitrogen and oxygen atoms in total. The molecule has 1 heterocycles. The van der Waals surface area contributed by atoms with Crippen LogP contribution in [0.5, 0.6) is 5.75 Å². The summed E-state index contributed by atoms with van der Waals surface area (Å²) in [6, 6.07) is 4.00. The molecule has 1 aromatic carbocycles. The van der Waals surface area contributed by atoms with Crippen LogP contribution in [0.3, 0.4) is 0 Å². The normalized spacial score (nSPS) is 16.4. The fourth-order valence-corrected chi connectivity index (χ4v) is 2.41. The van der Waals surface area contributed by atoms with Crippen LogP contribution in [0.1, 0.15) is 24.0 Å². The van der Waals surface area contributed by atoms with Gasteiger partial charge in [-0.25, -0.2) is 0 Å². The van der Waals surface area contributed by atoms with Gasteiger partial charge in [0.05, 0.1) is 0 Å². The van der Waals surface area contributed by atoms with Gasteiger partial charge in [0.1, 0.15) is 12.4 Å². The molecule has 0 amide bonds. The van der Waals surface area contributed by atoms with Gasteiger partial charge in [0.2, 0.25) is 0 Å². The van der Waals surface area contributed by atoms with E-state index in [1.54, 1.807) is 0 Å². The molecule has 0 aromatic heterocycles. The van der Waals surface area contributed by atoms with Crippen molar-refractivity contribution in [3.05, 3.63) is 28.3 Å². The monoisotopic (exact) mass is 253 g/mol. The second-order valence-corrected chi connectivity index (χ2v) is 5.17. The summed E-state index contributed by atoms with van der Waals surface area (Å²) in [6.07, 6.45) is 2.66. The zero-order chi connectivity index (χ0) is 12.3. The van der Waals surface area contributed by atoms with Crippen molar-refractivity contribution in [2.45, 2.75) is 26.7 Å². The van der Waals surface area contributed by atoms with Gasteiger partial charge in [-0.2, -0.15) is 0 Å². The smallest absolute Gasteiger partial charge is 0.123 e. The molecule has 0 radical (unpaired) electrons. The highest BCUT2D eigenvalue weighted by Crippen LogP contribution is 2.26. The van der Waals surface area contributed by atoms with E-state index in [9.17, 15) is 0 Å². The minimum atomic E-state index is 0.750. The van der Waals surface area contributed by atoms with Crippen LogP contribution in [0, 0.1) is 13.8 Å². The van der Waals surface area contributed by atoms with Gasteiger partial charge in [-0.05, 0) is 57.0 Å². The Bertz CT molecular complexity index is 386. The highest BCUT2D eigenvalue weighted by molar-refractivity contribution is 6.31. The van der Waals surface area contributed by atoms with E-state index in [4.69, 9.17) is 16.3 Å². The van der Waals surface area contributed by atoms with E-state index >= 15 is 0 Å². The van der Waals surface area contributed by atoms with E-state index in [-0.39, 0.29) is 0 Å². The number of hydrogen-bond donors (Lipinski definition) is 0. The highest BCUT2D eigenvalue weighted by atomic mass is 35.5. The Morgan fingerprint density at radius 2 is 1.88 bits per heavy atom. The van der Waals surface area contributed by atoms with Crippen molar-refractivity contribution in [3.8, 4) is 5.75 Å². The number of benzene rings is 1. The fraction of sp³-hybridized carbons (Fsp3) is 0.571. The van der Waals surface area contributed by atoms with Crippen LogP contribution in [0.15, 0.2) is 12.1 Å². The van der Waals surface area contributed by atoms with E-state index in [0.29, 0.717) is 0 Å². The van der Waals surface area contributed by atoms with Crippen molar-refractivity contribution in [2.24, 2.45) is 0 Å². The Morgan fingerprint density at radius 1 is 1.18 bits per heavy atom. The molecule has 1 aliphatic heterocycles. The Hall–Kier alpha value is -0.730. The third-order valence-corrected chi connectivity index (χ3v) is 3.73. The van der Waals surface area contributed by atoms with E-state index in [0.717, 1.165) is 35.1 Å². The lowest BCUT2D eigenvalue weighted by molar-refractivity contribution is 0.237. The molecule has 0 spiro atoms. The zero-order valence-electron chi connectivity index (χ0n) is 10.6. The SMILES string of the molecule is Cc1cc(C)c(OCCN2CCCC2)cc1Cl. The second kappa shape index (κ2) is 5.74.